The number of alkyl halides is 5. The van der Waals surface area contributed by atoms with E-state index in [9.17, 15) is 43.6 Å². The quantitative estimate of drug-likeness (QED) is 0.0971. The van der Waals surface area contributed by atoms with Crippen LogP contribution in [0.25, 0.3) is 22.0 Å². The number of anilines is 1. The number of carbonyl (C=O) groups is 1. The van der Waals surface area contributed by atoms with E-state index in [1.165, 1.54) is 36.7 Å². The van der Waals surface area contributed by atoms with E-state index in [2.05, 4.69) is 32.1 Å². The van der Waals surface area contributed by atoms with Gasteiger partial charge in [0.1, 0.15) is 34.3 Å². The van der Waals surface area contributed by atoms with Gasteiger partial charge in [-0.2, -0.15) is 32.1 Å². The predicted octanol–water partition coefficient (Wildman–Crippen LogP) is 7.20. The van der Waals surface area contributed by atoms with Crippen molar-refractivity contribution < 1.29 is 57.1 Å². The van der Waals surface area contributed by atoms with Gasteiger partial charge in [0.15, 0.2) is 21.3 Å². The number of ether oxygens (including phenoxy) is 1. The molecule has 1 amide bonds. The first-order valence-electron chi connectivity index (χ1n) is 20.2. The van der Waals surface area contributed by atoms with Gasteiger partial charge < -0.3 is 10.1 Å². The molecule has 13 nitrogen and oxygen atoms in total. The normalized spacial score (nSPS) is 19.8. The average molecular weight is 968 g/mol. The number of carbonyl (C=O) groups excluding carboxylic acids is 1. The van der Waals surface area contributed by atoms with Crippen molar-refractivity contribution in [3.05, 3.63) is 93.0 Å². The second-order valence-corrected chi connectivity index (χ2v) is 22.2. The number of hydrogen-bond donors (Lipinski definition) is 2. The van der Waals surface area contributed by atoms with Crippen LogP contribution in [0.5, 0.6) is 0 Å². The van der Waals surface area contributed by atoms with E-state index in [0.717, 1.165) is 18.4 Å². The minimum Gasteiger partial charge on any atom is -0.377 e. The van der Waals surface area contributed by atoms with Crippen molar-refractivity contribution in [1.82, 2.24) is 29.9 Å². The Morgan fingerprint density at radius 1 is 1.02 bits per heavy atom. The van der Waals surface area contributed by atoms with Crippen LogP contribution in [0.1, 0.15) is 85.0 Å². The number of sulfonamides is 1. The SMILES string of the molecule is CC(C)(C#Cc1ccc(-c2ccc(Cl)c3c(NS(C)(=O)=O)nn(C4COC4)c23)c([C@H](Cc2cc(F)cc(F)c2)NC(=O)Cn2nc(C(F)(F)F)c3c2C(F)(F)[C@@H]2CC32)n1)S(=O)(=O)C1CC1. The summed E-state index contributed by atoms with van der Waals surface area (Å²) in [5.74, 6) is -3.89. The second-order valence-electron chi connectivity index (χ2n) is 17.3. The molecule has 1 aliphatic heterocycles. The lowest BCUT2D eigenvalue weighted by molar-refractivity contribution is -0.142. The Labute approximate surface area is 372 Å². The molecule has 23 heteroatoms. The Morgan fingerprint density at radius 3 is 2.31 bits per heavy atom. The van der Waals surface area contributed by atoms with Crippen molar-refractivity contribution in [1.29, 1.82) is 0 Å². The lowest BCUT2D eigenvalue weighted by atomic mass is 9.93. The number of aromatic nitrogens is 5. The fourth-order valence-electron chi connectivity index (χ4n) is 8.60. The van der Waals surface area contributed by atoms with Gasteiger partial charge in [0.2, 0.25) is 15.9 Å². The topological polar surface area (TPSA) is 167 Å². The molecule has 3 atom stereocenters. The highest BCUT2D eigenvalue weighted by atomic mass is 35.5. The Balaban J connectivity index is 1.22. The minimum absolute atomic E-state index is 0.0443. The van der Waals surface area contributed by atoms with E-state index < -0.39 is 113 Å². The molecule has 2 saturated carbocycles. The van der Waals surface area contributed by atoms with Crippen LogP contribution in [-0.2, 0) is 54.5 Å². The molecule has 65 heavy (non-hydrogen) atoms. The second kappa shape index (κ2) is 15.4. The molecular weight excluding hydrogens is 931 g/mol. The number of nitrogens with zero attached hydrogens (tertiary/aromatic N) is 5. The highest BCUT2D eigenvalue weighted by molar-refractivity contribution is 7.93. The maximum Gasteiger partial charge on any atom is 0.435 e. The van der Waals surface area contributed by atoms with Crippen molar-refractivity contribution in [2.24, 2.45) is 5.92 Å². The van der Waals surface area contributed by atoms with Crippen LogP contribution in [0.15, 0.2) is 42.5 Å². The number of pyridine rings is 1. The first-order valence-corrected chi connectivity index (χ1v) is 24.0. The van der Waals surface area contributed by atoms with Gasteiger partial charge in [-0.25, -0.2) is 30.6 Å². The lowest BCUT2D eigenvalue weighted by Crippen LogP contribution is -2.35. The van der Waals surface area contributed by atoms with Crippen molar-refractivity contribution in [2.45, 2.75) is 86.2 Å². The lowest BCUT2D eigenvalue weighted by Gasteiger charge is -2.28. The van der Waals surface area contributed by atoms with Gasteiger partial charge >= 0.3 is 6.18 Å². The first kappa shape index (κ1) is 44.9. The predicted molar refractivity (Wildman–Crippen MR) is 222 cm³/mol. The Hall–Kier alpha value is -5.24. The molecule has 2 aromatic carbocycles. The molecule has 5 aromatic rings. The maximum absolute atomic E-state index is 15.6. The fraction of sp³-hybridized carbons (Fsp3) is 0.429. The largest absolute Gasteiger partial charge is 0.435 e. The van der Waals surface area contributed by atoms with Crippen molar-refractivity contribution in [3.8, 4) is 23.0 Å². The van der Waals surface area contributed by atoms with Crippen LogP contribution in [0.4, 0.5) is 36.6 Å². The number of fused-ring (bicyclic) bond motifs is 4. The average Bonchev–Trinajstić information content (AvgIpc) is 4.09. The van der Waals surface area contributed by atoms with E-state index in [0.29, 0.717) is 23.6 Å². The zero-order valence-electron chi connectivity index (χ0n) is 34.4. The number of sulfone groups is 1. The van der Waals surface area contributed by atoms with Crippen LogP contribution in [0.2, 0.25) is 5.02 Å². The molecule has 1 saturated heterocycles. The molecule has 9 rings (SSSR count). The summed E-state index contributed by atoms with van der Waals surface area (Å²) in [6, 6.07) is 6.55. The van der Waals surface area contributed by atoms with E-state index >= 15 is 8.78 Å². The van der Waals surface area contributed by atoms with Crippen LogP contribution in [-0.4, -0.2) is 76.8 Å². The summed E-state index contributed by atoms with van der Waals surface area (Å²) in [6.45, 7) is 2.07. The molecule has 4 aliphatic rings. The number of rotatable bonds is 12. The molecule has 4 heterocycles. The van der Waals surface area contributed by atoms with Crippen LogP contribution < -0.4 is 10.0 Å². The van der Waals surface area contributed by atoms with Gasteiger partial charge in [-0.15, -0.1) is 0 Å². The van der Waals surface area contributed by atoms with Crippen LogP contribution in [0, 0.1) is 29.4 Å². The number of hydrogen-bond acceptors (Lipinski definition) is 9. The van der Waals surface area contributed by atoms with E-state index in [1.54, 1.807) is 6.07 Å². The highest BCUT2D eigenvalue weighted by Gasteiger charge is 2.68. The molecule has 3 aromatic heterocycles. The Morgan fingerprint density at radius 2 is 1.69 bits per heavy atom. The summed E-state index contributed by atoms with van der Waals surface area (Å²) < 4.78 is 163. The third kappa shape index (κ3) is 8.22. The summed E-state index contributed by atoms with van der Waals surface area (Å²) in [5.41, 5.74) is -2.71. The third-order valence-corrected chi connectivity index (χ3v) is 15.7. The molecule has 0 bridgehead atoms. The smallest absolute Gasteiger partial charge is 0.377 e. The van der Waals surface area contributed by atoms with Crippen molar-refractivity contribution in [3.63, 3.8) is 0 Å². The first-order chi connectivity index (χ1) is 30.3. The zero-order valence-corrected chi connectivity index (χ0v) is 36.8. The monoisotopic (exact) mass is 967 g/mol. The fourth-order valence-corrected chi connectivity index (χ4v) is 11.1. The summed E-state index contributed by atoms with van der Waals surface area (Å²) in [6.07, 6.45) is -3.89. The van der Waals surface area contributed by atoms with Crippen molar-refractivity contribution >= 4 is 54.1 Å². The molecule has 3 aliphatic carbocycles. The van der Waals surface area contributed by atoms with Crippen LogP contribution >= 0.6 is 11.6 Å². The summed E-state index contributed by atoms with van der Waals surface area (Å²) >= 11 is 6.73. The van der Waals surface area contributed by atoms with E-state index in [1.807, 2.05) is 0 Å². The van der Waals surface area contributed by atoms with Gasteiger partial charge in [0.05, 0.1) is 58.4 Å². The molecule has 0 radical (unpaired) electrons. The van der Waals surface area contributed by atoms with Gasteiger partial charge in [-0.1, -0.05) is 23.6 Å². The number of nitrogens with one attached hydrogen (secondary N) is 2. The Kier molecular flexibility index (Phi) is 10.7. The summed E-state index contributed by atoms with van der Waals surface area (Å²) in [7, 11) is -7.65. The van der Waals surface area contributed by atoms with E-state index in [4.69, 9.17) is 21.3 Å². The summed E-state index contributed by atoms with van der Waals surface area (Å²) in [4.78, 5) is 18.9. The third-order valence-electron chi connectivity index (χ3n) is 12.0. The molecule has 0 spiro atoms. The van der Waals surface area contributed by atoms with Crippen LogP contribution in [0.3, 0.4) is 0 Å². The molecule has 2 N–H and O–H groups in total. The molecular formula is C42H37ClF7N7O6S2. The maximum atomic E-state index is 15.6. The zero-order chi connectivity index (χ0) is 46.8. The van der Waals surface area contributed by atoms with Gasteiger partial charge in [-0.05, 0) is 87.3 Å². The van der Waals surface area contributed by atoms with Gasteiger partial charge in [0, 0.05) is 28.7 Å². The number of halogens is 8. The van der Waals surface area contributed by atoms with Crippen molar-refractivity contribution in [2.75, 3.05) is 24.2 Å². The van der Waals surface area contributed by atoms with Gasteiger partial charge in [-0.3, -0.25) is 18.9 Å². The van der Waals surface area contributed by atoms with E-state index in [-0.39, 0.29) is 69.5 Å². The van der Waals surface area contributed by atoms with Gasteiger partial charge in [0.25, 0.3) is 5.92 Å². The standard InChI is InChI=1S/C42H37ClF7N7O6S2/c1-40(2,65(61,62)25-5-6-25)11-10-23-4-7-26(27-8-9-30(43)34-36(27)57(24-18-63-19-24)54-39(34)55-64(3,59)60)35(51-23)31(14-20-12-21(44)15-22(45)13-20)52-32(58)17-56-38-33(37(53-56)42(48,49)50)28-16-29(28)41(38,46)47/h4,7-9,12-13,15,24-25,28-29,31H,5-6,14,16-19H2,1-3H3,(H,52,58)(H,54,55)/t28?,29-,31+/m1/s1. The minimum atomic E-state index is -5.12. The number of amides is 1. The summed E-state index contributed by atoms with van der Waals surface area (Å²) in [5, 5.41) is 10.3. The molecule has 344 valence electrons. The molecule has 3 fully saturated rings. The molecule has 1 unspecified atom stereocenters. The Bertz CT molecular complexity index is 3100. The highest BCUT2D eigenvalue weighted by Crippen LogP contribution is 2.68. The number of benzene rings is 2.